The molecule has 0 aliphatic rings. The summed E-state index contributed by atoms with van der Waals surface area (Å²) in [5.74, 6) is -1.38. The van der Waals surface area contributed by atoms with Gasteiger partial charge in [0.1, 0.15) is 0 Å². The molecule has 0 radical (unpaired) electrons. The predicted octanol–water partition coefficient (Wildman–Crippen LogP) is 3.23. The summed E-state index contributed by atoms with van der Waals surface area (Å²) < 4.78 is 37.2. The number of hydrogen-bond acceptors (Lipinski definition) is 2. The summed E-state index contributed by atoms with van der Waals surface area (Å²) in [6.07, 6.45) is -3.78. The molecule has 1 aromatic carbocycles. The van der Waals surface area contributed by atoms with E-state index in [1.807, 2.05) is 6.92 Å². The molecule has 0 aromatic heterocycles. The van der Waals surface area contributed by atoms with Gasteiger partial charge in [-0.3, -0.25) is 0 Å². The van der Waals surface area contributed by atoms with Gasteiger partial charge in [-0.05, 0) is 24.6 Å². The van der Waals surface area contributed by atoms with Crippen LogP contribution < -0.4 is 5.32 Å². The average molecular weight is 247 g/mol. The topological polar surface area (TPSA) is 49.3 Å². The lowest BCUT2D eigenvalue weighted by Gasteiger charge is -2.12. The summed E-state index contributed by atoms with van der Waals surface area (Å²) >= 11 is 0. The first-order chi connectivity index (χ1) is 7.86. The number of rotatable bonds is 4. The first kappa shape index (κ1) is 13.3. The number of nitrogens with one attached hydrogen (secondary N) is 1. The van der Waals surface area contributed by atoms with Crippen LogP contribution in [0, 0.1) is 0 Å². The van der Waals surface area contributed by atoms with E-state index in [0.717, 1.165) is 18.6 Å². The first-order valence-electron chi connectivity index (χ1n) is 5.04. The molecule has 1 rings (SSSR count). The largest absolute Gasteiger partial charge is 0.478 e. The van der Waals surface area contributed by atoms with Crippen LogP contribution in [-0.2, 0) is 6.18 Å². The molecule has 0 heterocycles. The summed E-state index contributed by atoms with van der Waals surface area (Å²) in [5.41, 5.74) is -1.13. The Labute approximate surface area is 96.3 Å². The average Bonchev–Trinajstić information content (AvgIpc) is 2.24. The summed E-state index contributed by atoms with van der Waals surface area (Å²) in [5, 5.41) is 11.6. The van der Waals surface area contributed by atoms with Crippen molar-refractivity contribution < 1.29 is 23.1 Å². The molecule has 94 valence electrons. The van der Waals surface area contributed by atoms with Crippen molar-refractivity contribution in [3.63, 3.8) is 0 Å². The smallest absolute Gasteiger partial charge is 0.416 e. The highest BCUT2D eigenvalue weighted by Gasteiger charge is 2.31. The fourth-order valence-corrected chi connectivity index (χ4v) is 1.31. The van der Waals surface area contributed by atoms with Crippen LogP contribution in [0.4, 0.5) is 18.9 Å². The zero-order valence-electron chi connectivity index (χ0n) is 9.14. The molecule has 0 bridgehead atoms. The molecule has 0 unspecified atom stereocenters. The first-order valence-corrected chi connectivity index (χ1v) is 5.04. The van der Waals surface area contributed by atoms with E-state index in [9.17, 15) is 18.0 Å². The van der Waals surface area contributed by atoms with Crippen LogP contribution in [0.25, 0.3) is 0 Å². The van der Waals surface area contributed by atoms with Gasteiger partial charge in [-0.15, -0.1) is 0 Å². The molecule has 17 heavy (non-hydrogen) atoms. The lowest BCUT2D eigenvalue weighted by Crippen LogP contribution is -2.11. The van der Waals surface area contributed by atoms with Crippen LogP contribution in [0.2, 0.25) is 0 Å². The minimum atomic E-state index is -4.53. The highest BCUT2D eigenvalue weighted by Crippen LogP contribution is 2.31. The highest BCUT2D eigenvalue weighted by atomic mass is 19.4. The number of carboxylic acids is 1. The molecule has 0 spiro atoms. The number of carboxylic acid groups (broad SMARTS) is 1. The number of anilines is 1. The van der Waals surface area contributed by atoms with E-state index in [1.165, 1.54) is 0 Å². The molecule has 0 amide bonds. The van der Waals surface area contributed by atoms with Crippen LogP contribution >= 0.6 is 0 Å². The van der Waals surface area contributed by atoms with E-state index < -0.39 is 17.7 Å². The molecular weight excluding hydrogens is 235 g/mol. The quantitative estimate of drug-likeness (QED) is 0.858. The van der Waals surface area contributed by atoms with Gasteiger partial charge in [0.05, 0.1) is 11.1 Å². The summed E-state index contributed by atoms with van der Waals surface area (Å²) in [4.78, 5) is 10.9. The van der Waals surface area contributed by atoms with Gasteiger partial charge in [-0.2, -0.15) is 13.2 Å². The molecular formula is C11H12F3NO2. The van der Waals surface area contributed by atoms with Crippen molar-refractivity contribution in [2.75, 3.05) is 11.9 Å². The van der Waals surface area contributed by atoms with Crippen molar-refractivity contribution in [3.05, 3.63) is 29.3 Å². The Kier molecular flexibility index (Phi) is 3.98. The minimum Gasteiger partial charge on any atom is -0.478 e. The number of aromatic carboxylic acids is 1. The molecule has 0 aliphatic carbocycles. The third-order valence-corrected chi connectivity index (χ3v) is 2.14. The van der Waals surface area contributed by atoms with Crippen molar-refractivity contribution in [1.82, 2.24) is 0 Å². The van der Waals surface area contributed by atoms with Crippen molar-refractivity contribution in [3.8, 4) is 0 Å². The summed E-state index contributed by atoms with van der Waals surface area (Å²) in [7, 11) is 0. The molecule has 0 atom stereocenters. The maximum atomic E-state index is 12.4. The highest BCUT2D eigenvalue weighted by molar-refractivity contribution is 5.94. The van der Waals surface area contributed by atoms with E-state index in [0.29, 0.717) is 12.6 Å². The molecule has 0 fully saturated rings. The molecule has 0 aliphatic heterocycles. The van der Waals surface area contributed by atoms with Crippen molar-refractivity contribution >= 4 is 11.7 Å². The van der Waals surface area contributed by atoms with Crippen molar-refractivity contribution in [1.29, 1.82) is 0 Å². The Balaban J connectivity index is 3.13. The Hall–Kier alpha value is -1.72. The maximum Gasteiger partial charge on any atom is 0.416 e. The molecule has 3 nitrogen and oxygen atoms in total. The number of carbonyl (C=O) groups is 1. The monoisotopic (exact) mass is 247 g/mol. The zero-order valence-corrected chi connectivity index (χ0v) is 9.14. The normalized spacial score (nSPS) is 11.3. The van der Waals surface area contributed by atoms with Gasteiger partial charge in [0.15, 0.2) is 0 Å². The van der Waals surface area contributed by atoms with Gasteiger partial charge < -0.3 is 10.4 Å². The van der Waals surface area contributed by atoms with Crippen LogP contribution in [0.1, 0.15) is 29.3 Å². The Morgan fingerprint density at radius 2 is 2.06 bits per heavy atom. The lowest BCUT2D eigenvalue weighted by molar-refractivity contribution is -0.137. The van der Waals surface area contributed by atoms with Crippen LogP contribution in [-0.4, -0.2) is 17.6 Å². The van der Waals surface area contributed by atoms with Gasteiger partial charge in [-0.25, -0.2) is 4.79 Å². The van der Waals surface area contributed by atoms with Gasteiger partial charge in [0.25, 0.3) is 0 Å². The molecule has 0 saturated heterocycles. The number of hydrogen-bond donors (Lipinski definition) is 2. The fraction of sp³-hybridized carbons (Fsp3) is 0.364. The van der Waals surface area contributed by atoms with Crippen LogP contribution in [0.5, 0.6) is 0 Å². The van der Waals surface area contributed by atoms with E-state index in [-0.39, 0.29) is 11.3 Å². The maximum absolute atomic E-state index is 12.4. The van der Waals surface area contributed by atoms with Gasteiger partial charge >= 0.3 is 12.1 Å². The van der Waals surface area contributed by atoms with E-state index in [1.54, 1.807) is 0 Å². The van der Waals surface area contributed by atoms with Crippen molar-refractivity contribution in [2.45, 2.75) is 19.5 Å². The summed E-state index contributed by atoms with van der Waals surface area (Å²) in [6.45, 7) is 2.38. The van der Waals surface area contributed by atoms with Gasteiger partial charge in [0.2, 0.25) is 0 Å². The second kappa shape index (κ2) is 5.07. The molecule has 6 heteroatoms. The molecule has 1 aromatic rings. The SMILES string of the molecule is CCCNc1ccc(C(F)(F)F)cc1C(=O)O. The van der Waals surface area contributed by atoms with Gasteiger partial charge in [-0.1, -0.05) is 6.92 Å². The minimum absolute atomic E-state index is 0.201. The fourth-order valence-electron chi connectivity index (χ4n) is 1.31. The number of benzene rings is 1. The number of halogens is 3. The van der Waals surface area contributed by atoms with E-state index in [4.69, 9.17) is 5.11 Å². The van der Waals surface area contributed by atoms with Crippen LogP contribution in [0.15, 0.2) is 18.2 Å². The second-order valence-corrected chi connectivity index (χ2v) is 3.49. The van der Waals surface area contributed by atoms with Crippen LogP contribution in [0.3, 0.4) is 0 Å². The van der Waals surface area contributed by atoms with E-state index in [2.05, 4.69) is 5.32 Å². The van der Waals surface area contributed by atoms with E-state index >= 15 is 0 Å². The standard InChI is InChI=1S/C11H12F3NO2/c1-2-5-15-9-4-3-7(11(12,13)14)6-8(9)10(16)17/h3-4,6,15H,2,5H2,1H3,(H,16,17). The predicted molar refractivity (Wildman–Crippen MR) is 57.2 cm³/mol. The Morgan fingerprint density at radius 3 is 2.53 bits per heavy atom. The molecule has 2 N–H and O–H groups in total. The second-order valence-electron chi connectivity index (χ2n) is 3.49. The van der Waals surface area contributed by atoms with Gasteiger partial charge in [0, 0.05) is 12.2 Å². The van der Waals surface area contributed by atoms with Crippen molar-refractivity contribution in [2.24, 2.45) is 0 Å². The molecule has 0 saturated carbocycles. The Bertz CT molecular complexity index is 416. The number of alkyl halides is 3. The zero-order chi connectivity index (χ0) is 13.1. The lowest BCUT2D eigenvalue weighted by atomic mass is 10.1. The third-order valence-electron chi connectivity index (χ3n) is 2.14. The summed E-state index contributed by atoms with van der Waals surface area (Å²) in [6, 6.07) is 2.65. The Morgan fingerprint density at radius 1 is 1.41 bits per heavy atom. The third kappa shape index (κ3) is 3.37.